The van der Waals surface area contributed by atoms with Gasteiger partial charge in [0.05, 0.1) is 26.9 Å². The van der Waals surface area contributed by atoms with Crippen LogP contribution in [0.3, 0.4) is 0 Å². The molecule has 4 N–H and O–H groups in total. The van der Waals surface area contributed by atoms with Crippen LogP contribution in [0.2, 0.25) is 0 Å². The van der Waals surface area contributed by atoms with Gasteiger partial charge in [0.15, 0.2) is 0 Å². The van der Waals surface area contributed by atoms with Crippen molar-refractivity contribution >= 4 is 20.1 Å². The van der Waals surface area contributed by atoms with Gasteiger partial charge in [-0.1, -0.05) is 158 Å². The second-order valence-electron chi connectivity index (χ2n) is 17.4. The number of carbonyl (C=O) groups excluding carboxylic acids is 2. The van der Waals surface area contributed by atoms with E-state index in [1.165, 1.54) is 10.0 Å². The summed E-state index contributed by atoms with van der Waals surface area (Å²) in [6, 6.07) is 60.8. The maximum Gasteiger partial charge on any atom is 0.269 e. The Labute approximate surface area is 413 Å². The van der Waals surface area contributed by atoms with Crippen LogP contribution in [-0.4, -0.2) is 59.0 Å². The first-order valence-corrected chi connectivity index (χ1v) is 24.7. The van der Waals surface area contributed by atoms with E-state index in [-0.39, 0.29) is 29.8 Å². The molecule has 2 amide bonds. The van der Waals surface area contributed by atoms with Crippen LogP contribution in [-0.2, 0) is 22.2 Å². The van der Waals surface area contributed by atoms with Crippen molar-refractivity contribution in [2.45, 2.75) is 63.9 Å². The molecule has 0 aliphatic carbocycles. The molecule has 11 nitrogen and oxygen atoms in total. The Morgan fingerprint density at radius 1 is 0.557 bits per heavy atom. The largest absolute Gasteiger partial charge is 0.496 e. The lowest BCUT2D eigenvalue weighted by Crippen LogP contribution is -2.56. The average Bonchev–Trinajstić information content (AvgIpc) is 3.40. The summed E-state index contributed by atoms with van der Waals surface area (Å²) < 4.78 is 21.1. The Morgan fingerprint density at radius 3 is 1.23 bits per heavy atom. The predicted octanol–water partition coefficient (Wildman–Crippen LogP) is 11.2. The van der Waals surface area contributed by atoms with Crippen molar-refractivity contribution in [2.24, 2.45) is 11.7 Å². The van der Waals surface area contributed by atoms with Gasteiger partial charge in [0.2, 0.25) is 0 Å². The summed E-state index contributed by atoms with van der Waals surface area (Å²) in [7, 11) is 1.88. The number of para-hydroxylation sites is 2. The molecule has 358 valence electrons. The molecule has 0 aliphatic heterocycles. The van der Waals surface area contributed by atoms with Gasteiger partial charge in [-0.15, -0.1) is 0 Å². The topological polar surface area (TPSA) is 147 Å². The first-order valence-electron chi connectivity index (χ1n) is 23.3. The zero-order valence-corrected chi connectivity index (χ0v) is 41.5. The fourth-order valence-electron chi connectivity index (χ4n) is 9.63. The predicted molar refractivity (Wildman–Crippen MR) is 278 cm³/mol. The van der Waals surface area contributed by atoms with Crippen LogP contribution in [0.15, 0.2) is 188 Å². The molecule has 0 fully saturated rings. The van der Waals surface area contributed by atoms with E-state index in [9.17, 15) is 5.26 Å². The fraction of sp³-hybridized carbons (Fsp3) is 0.224. The third kappa shape index (κ3) is 9.97. The number of hydrogen-bond acceptors (Lipinski definition) is 9. The Hall–Kier alpha value is -7.16. The van der Waals surface area contributed by atoms with Crippen molar-refractivity contribution in [1.82, 2.24) is 14.7 Å². The summed E-state index contributed by atoms with van der Waals surface area (Å²) in [6.45, 7) is 8.43. The number of nitrogens with zero attached hydrogens (tertiary/aromatic N) is 4. The SMILES string of the molecule is COc1ccccc1C(c1ccccc1)(c1ccccc1)N(N)C(=O)c1cc(COP(CCC#N)N(C(C)C)C(C)C)cc(C(=O)N(N)C(c2ccccc2)(c2ccccc2)c2ccccc2OC)c1. The highest BCUT2D eigenvalue weighted by molar-refractivity contribution is 7.50. The molecule has 0 saturated heterocycles. The van der Waals surface area contributed by atoms with Gasteiger partial charge in [-0.25, -0.2) is 11.7 Å². The molecule has 0 radical (unpaired) electrons. The quantitative estimate of drug-likeness (QED) is 0.0250. The molecule has 7 aromatic carbocycles. The number of carbonyl (C=O) groups is 2. The number of hydrazine groups is 2. The molecular weight excluding hydrogens is 892 g/mol. The Balaban J connectivity index is 1.47. The average molecular weight is 953 g/mol. The second-order valence-corrected chi connectivity index (χ2v) is 19.3. The van der Waals surface area contributed by atoms with Crippen LogP contribution < -0.4 is 21.2 Å². The molecule has 1 unspecified atom stereocenters. The number of nitriles is 1. The number of rotatable bonds is 20. The number of methoxy groups -OCH3 is 2. The van der Waals surface area contributed by atoms with Crippen molar-refractivity contribution in [3.05, 3.63) is 238 Å². The summed E-state index contributed by atoms with van der Waals surface area (Å²) in [6.07, 6.45) is 0.799. The van der Waals surface area contributed by atoms with Crippen LogP contribution in [0, 0.1) is 11.3 Å². The van der Waals surface area contributed by atoms with Crippen LogP contribution in [0.25, 0.3) is 0 Å². The number of amides is 2. The normalized spacial score (nSPS) is 12.1. The molecule has 0 aliphatic rings. The maximum absolute atomic E-state index is 15.8. The van der Waals surface area contributed by atoms with Gasteiger partial charge in [0.1, 0.15) is 30.9 Å². The zero-order valence-electron chi connectivity index (χ0n) is 40.6. The van der Waals surface area contributed by atoms with Crippen molar-refractivity contribution in [1.29, 1.82) is 5.26 Å². The highest BCUT2D eigenvalue weighted by atomic mass is 31.2. The van der Waals surface area contributed by atoms with Crippen molar-refractivity contribution in [3.8, 4) is 17.6 Å². The Bertz CT molecular complexity index is 2620. The Morgan fingerprint density at radius 2 is 0.900 bits per heavy atom. The standard InChI is InChI=1S/C58H61N6O5P/c1-42(2)62(43(3)4)70(37-23-36-59)69-41-44-38-45(55(65)63(60)57(47-24-11-7-12-25-47,48-26-13-8-14-27-48)51-32-19-21-34-53(51)67-5)40-46(39-44)56(66)64(61)58(49-28-15-9-16-29-49,50-30-17-10-18-31-50)52-33-20-22-35-54(52)68-6/h7-22,24-35,38-40,42-43H,23,37,41,60-61H2,1-6H3. The van der Waals surface area contributed by atoms with E-state index >= 15 is 9.59 Å². The van der Waals surface area contributed by atoms with E-state index in [2.05, 4.69) is 38.4 Å². The van der Waals surface area contributed by atoms with E-state index in [4.69, 9.17) is 25.7 Å². The summed E-state index contributed by atoms with van der Waals surface area (Å²) in [5, 5.41) is 12.2. The van der Waals surface area contributed by atoms with Gasteiger partial charge in [0.25, 0.3) is 11.8 Å². The van der Waals surface area contributed by atoms with Gasteiger partial charge in [-0.2, -0.15) is 5.26 Å². The number of ether oxygens (including phenoxy) is 2. The van der Waals surface area contributed by atoms with Crippen molar-refractivity contribution in [3.63, 3.8) is 0 Å². The van der Waals surface area contributed by atoms with Gasteiger partial charge >= 0.3 is 0 Å². The maximum atomic E-state index is 15.8. The van der Waals surface area contributed by atoms with E-state index in [1.54, 1.807) is 32.4 Å². The first kappa shape index (κ1) is 50.7. The molecule has 0 aromatic heterocycles. The molecule has 0 saturated carbocycles. The van der Waals surface area contributed by atoms with Crippen LogP contribution in [0.1, 0.15) is 93.8 Å². The number of hydrogen-bond donors (Lipinski definition) is 2. The van der Waals surface area contributed by atoms with E-state index in [0.717, 1.165) is 0 Å². The van der Waals surface area contributed by atoms with Crippen LogP contribution in [0.4, 0.5) is 0 Å². The van der Waals surface area contributed by atoms with Crippen LogP contribution in [0.5, 0.6) is 11.5 Å². The fourth-order valence-corrected chi connectivity index (χ4v) is 11.7. The minimum atomic E-state index is -1.46. The lowest BCUT2D eigenvalue weighted by Gasteiger charge is -2.43. The molecule has 12 heteroatoms. The molecule has 7 rings (SSSR count). The number of nitrogens with two attached hydrogens (primary N) is 2. The summed E-state index contributed by atoms with van der Waals surface area (Å²) >= 11 is 0. The summed E-state index contributed by atoms with van der Waals surface area (Å²) in [5.74, 6) is 14.7. The smallest absolute Gasteiger partial charge is 0.269 e. The third-order valence-electron chi connectivity index (χ3n) is 12.5. The highest BCUT2D eigenvalue weighted by Crippen LogP contribution is 2.49. The van der Waals surface area contributed by atoms with Crippen molar-refractivity contribution in [2.75, 3.05) is 20.4 Å². The minimum absolute atomic E-state index is 0.00760. The molecule has 7 aromatic rings. The van der Waals surface area contributed by atoms with Gasteiger partial charge < -0.3 is 14.0 Å². The zero-order chi connectivity index (χ0) is 49.8. The third-order valence-corrected chi connectivity index (χ3v) is 15.0. The lowest BCUT2D eigenvalue weighted by molar-refractivity contribution is 0.0606. The lowest BCUT2D eigenvalue weighted by atomic mass is 9.75. The van der Waals surface area contributed by atoms with E-state index < -0.39 is 31.2 Å². The molecule has 0 bridgehead atoms. The molecule has 1 atom stereocenters. The molecular formula is C58H61N6O5P. The highest BCUT2D eigenvalue weighted by Gasteiger charge is 2.48. The molecule has 70 heavy (non-hydrogen) atoms. The van der Waals surface area contributed by atoms with Gasteiger partial charge in [0, 0.05) is 46.9 Å². The van der Waals surface area contributed by atoms with Gasteiger partial charge in [-0.05, 0) is 85.8 Å². The monoisotopic (exact) mass is 952 g/mol. The van der Waals surface area contributed by atoms with E-state index in [0.29, 0.717) is 63.0 Å². The van der Waals surface area contributed by atoms with Crippen molar-refractivity contribution < 1.29 is 23.6 Å². The van der Waals surface area contributed by atoms with Gasteiger partial charge in [-0.3, -0.25) is 24.3 Å². The second kappa shape index (κ2) is 23.0. The summed E-state index contributed by atoms with van der Waals surface area (Å²) in [5.41, 5.74) is 1.86. The van der Waals surface area contributed by atoms with Crippen LogP contribution >= 0.6 is 8.30 Å². The molecule has 0 heterocycles. The minimum Gasteiger partial charge on any atom is -0.496 e. The Kier molecular flexibility index (Phi) is 16.6. The van der Waals surface area contributed by atoms with E-state index in [1.807, 2.05) is 170 Å². The summed E-state index contributed by atoms with van der Waals surface area (Å²) in [4.78, 5) is 31.7. The molecule has 0 spiro atoms. The number of benzene rings is 7. The first-order chi connectivity index (χ1) is 33.9.